The van der Waals surface area contributed by atoms with Crippen molar-refractivity contribution in [2.45, 2.75) is 25.2 Å². The summed E-state index contributed by atoms with van der Waals surface area (Å²) >= 11 is 0.728. The van der Waals surface area contributed by atoms with E-state index in [2.05, 4.69) is 10.1 Å². The minimum atomic E-state index is -5.06. The second-order valence-corrected chi connectivity index (χ2v) is 6.99. The molecular formula is C18H18F3N3O5S. The average molecular weight is 445 g/mol. The number of hydrogen-bond donors (Lipinski definition) is 1. The molecule has 1 aromatic carbocycles. The number of methoxy groups -OCH3 is 2. The van der Waals surface area contributed by atoms with Crippen LogP contribution in [0.15, 0.2) is 28.7 Å². The third-order valence-corrected chi connectivity index (χ3v) is 5.13. The number of carbonyl (C=O) groups excluding carboxylic acids is 1. The van der Waals surface area contributed by atoms with Crippen molar-refractivity contribution in [1.29, 1.82) is 0 Å². The Kier molecular flexibility index (Phi) is 5.90. The van der Waals surface area contributed by atoms with E-state index in [1.54, 1.807) is 6.92 Å². The molecule has 162 valence electrons. The number of anilines is 1. The van der Waals surface area contributed by atoms with E-state index in [4.69, 9.17) is 14.2 Å². The lowest BCUT2D eigenvalue weighted by Crippen LogP contribution is -2.55. The summed E-state index contributed by atoms with van der Waals surface area (Å²) in [5, 5.41) is 15.9. The summed E-state index contributed by atoms with van der Waals surface area (Å²) < 4.78 is 56.6. The smallest absolute Gasteiger partial charge is 0.438 e. The van der Waals surface area contributed by atoms with Crippen molar-refractivity contribution in [1.82, 2.24) is 4.98 Å². The molecule has 1 atom stereocenters. The number of alkyl halides is 3. The third-order valence-electron chi connectivity index (χ3n) is 4.32. The van der Waals surface area contributed by atoms with Gasteiger partial charge in [0.05, 0.1) is 33.0 Å². The van der Waals surface area contributed by atoms with Gasteiger partial charge in [0.15, 0.2) is 5.69 Å². The Balaban J connectivity index is 2.06. The number of aromatic nitrogens is 1. The summed E-state index contributed by atoms with van der Waals surface area (Å²) in [6.07, 6.45) is -5.93. The van der Waals surface area contributed by atoms with E-state index in [-0.39, 0.29) is 34.5 Å². The summed E-state index contributed by atoms with van der Waals surface area (Å²) in [6, 6.07) is 4.52. The maximum atomic E-state index is 13.8. The van der Waals surface area contributed by atoms with E-state index >= 15 is 0 Å². The van der Waals surface area contributed by atoms with Gasteiger partial charge in [0, 0.05) is 17.0 Å². The number of nitrogens with zero attached hydrogens (tertiary/aromatic N) is 3. The van der Waals surface area contributed by atoms with Crippen molar-refractivity contribution in [2.75, 3.05) is 25.8 Å². The minimum absolute atomic E-state index is 0.0674. The van der Waals surface area contributed by atoms with Crippen molar-refractivity contribution in [3.05, 3.63) is 34.8 Å². The van der Waals surface area contributed by atoms with Crippen molar-refractivity contribution < 1.29 is 37.3 Å². The van der Waals surface area contributed by atoms with Gasteiger partial charge in [0.25, 0.3) is 5.72 Å². The van der Waals surface area contributed by atoms with E-state index in [0.717, 1.165) is 11.3 Å². The molecule has 0 saturated carbocycles. The molecule has 0 saturated heterocycles. The molecule has 1 aromatic heterocycles. The monoisotopic (exact) mass is 445 g/mol. The number of benzene rings is 1. The Hall–Kier alpha value is -2.86. The van der Waals surface area contributed by atoms with Gasteiger partial charge in [-0.25, -0.2) is 9.78 Å². The van der Waals surface area contributed by atoms with E-state index in [1.165, 1.54) is 37.8 Å². The molecular weight excluding hydrogens is 427 g/mol. The van der Waals surface area contributed by atoms with Crippen molar-refractivity contribution in [3.63, 3.8) is 0 Å². The molecule has 12 heteroatoms. The Morgan fingerprint density at radius 1 is 1.33 bits per heavy atom. The van der Waals surface area contributed by atoms with Crippen LogP contribution in [0, 0.1) is 0 Å². The van der Waals surface area contributed by atoms with Crippen LogP contribution in [-0.4, -0.2) is 54.5 Å². The molecule has 2 aromatic rings. The van der Waals surface area contributed by atoms with Gasteiger partial charge in [-0.15, -0.1) is 11.3 Å². The molecule has 2 heterocycles. The Morgan fingerprint density at radius 2 is 2.07 bits per heavy atom. The highest BCUT2D eigenvalue weighted by atomic mass is 32.1. The zero-order valence-corrected chi connectivity index (χ0v) is 17.0. The highest BCUT2D eigenvalue weighted by Crippen LogP contribution is 2.45. The van der Waals surface area contributed by atoms with Gasteiger partial charge < -0.3 is 19.3 Å². The zero-order valence-electron chi connectivity index (χ0n) is 16.2. The molecule has 0 aliphatic carbocycles. The number of carbonyl (C=O) groups is 1. The fraction of sp³-hybridized carbons (Fsp3) is 0.389. The molecule has 1 N–H and O–H groups in total. The van der Waals surface area contributed by atoms with E-state index in [0.29, 0.717) is 10.8 Å². The van der Waals surface area contributed by atoms with Crippen LogP contribution < -0.4 is 14.5 Å². The first-order valence-corrected chi connectivity index (χ1v) is 9.54. The first-order valence-electron chi connectivity index (χ1n) is 8.66. The number of hydrazone groups is 1. The molecule has 0 amide bonds. The van der Waals surface area contributed by atoms with E-state index < -0.39 is 24.3 Å². The minimum Gasteiger partial charge on any atom is -0.497 e. The normalized spacial score (nSPS) is 18.9. The van der Waals surface area contributed by atoms with Gasteiger partial charge in [-0.1, -0.05) is 0 Å². The number of hydrogen-bond acceptors (Lipinski definition) is 9. The van der Waals surface area contributed by atoms with Crippen LogP contribution in [-0.2, 0) is 4.74 Å². The Morgan fingerprint density at radius 3 is 2.67 bits per heavy atom. The number of rotatable bonds is 6. The topological polar surface area (TPSA) is 93.5 Å². The predicted molar refractivity (Wildman–Crippen MR) is 102 cm³/mol. The van der Waals surface area contributed by atoms with Gasteiger partial charge in [0.2, 0.25) is 5.13 Å². The van der Waals surface area contributed by atoms with Crippen LogP contribution in [0.5, 0.6) is 11.5 Å². The first-order chi connectivity index (χ1) is 14.1. The highest BCUT2D eigenvalue weighted by Gasteiger charge is 2.62. The van der Waals surface area contributed by atoms with Gasteiger partial charge in [-0.3, -0.25) is 0 Å². The van der Waals surface area contributed by atoms with Crippen LogP contribution >= 0.6 is 11.3 Å². The zero-order chi connectivity index (χ0) is 22.1. The predicted octanol–water partition coefficient (Wildman–Crippen LogP) is 3.20. The number of halogens is 3. The molecule has 1 aliphatic heterocycles. The van der Waals surface area contributed by atoms with Crippen LogP contribution in [0.25, 0.3) is 0 Å². The number of aliphatic hydroxyl groups is 1. The second kappa shape index (κ2) is 8.11. The molecule has 30 heavy (non-hydrogen) atoms. The molecule has 0 spiro atoms. The Labute approximate surface area is 173 Å². The fourth-order valence-electron chi connectivity index (χ4n) is 2.81. The fourth-order valence-corrected chi connectivity index (χ4v) is 3.62. The summed E-state index contributed by atoms with van der Waals surface area (Å²) in [5.41, 5.74) is -3.34. The van der Waals surface area contributed by atoms with Gasteiger partial charge in [-0.05, 0) is 19.1 Å². The summed E-state index contributed by atoms with van der Waals surface area (Å²) in [4.78, 5) is 15.7. The van der Waals surface area contributed by atoms with Crippen LogP contribution in [0.4, 0.5) is 18.3 Å². The molecule has 1 aliphatic rings. The lowest BCUT2D eigenvalue weighted by atomic mass is 10.00. The first kappa shape index (κ1) is 21.8. The largest absolute Gasteiger partial charge is 0.497 e. The van der Waals surface area contributed by atoms with Gasteiger partial charge in [-0.2, -0.15) is 23.3 Å². The van der Waals surface area contributed by atoms with Gasteiger partial charge in [0.1, 0.15) is 11.5 Å². The molecule has 0 bridgehead atoms. The van der Waals surface area contributed by atoms with Crippen LogP contribution in [0.1, 0.15) is 29.4 Å². The van der Waals surface area contributed by atoms with Crippen LogP contribution in [0.3, 0.4) is 0 Å². The Bertz CT molecular complexity index is 978. The van der Waals surface area contributed by atoms with Crippen molar-refractivity contribution >= 4 is 28.1 Å². The standard InChI is InChI=1S/C18H18F3N3O5S/c1-4-29-15(25)13-9-30-16(22-13)24-17(26,18(19,20)21)8-12(23-24)11-6-5-10(27-2)7-14(11)28-3/h5-7,9,26H,4,8H2,1-3H3. The van der Waals surface area contributed by atoms with E-state index in [1.807, 2.05) is 0 Å². The molecule has 3 rings (SSSR count). The summed E-state index contributed by atoms with van der Waals surface area (Å²) in [5.74, 6) is -0.113. The maximum absolute atomic E-state index is 13.8. The summed E-state index contributed by atoms with van der Waals surface area (Å²) in [6.45, 7) is 1.67. The van der Waals surface area contributed by atoms with Crippen LogP contribution in [0.2, 0.25) is 0 Å². The molecule has 8 nitrogen and oxygen atoms in total. The molecule has 0 radical (unpaired) electrons. The number of ether oxygens (including phenoxy) is 3. The highest BCUT2D eigenvalue weighted by molar-refractivity contribution is 7.14. The van der Waals surface area contributed by atoms with Gasteiger partial charge >= 0.3 is 12.1 Å². The average Bonchev–Trinajstić information content (AvgIpc) is 3.32. The molecule has 0 fully saturated rings. The SMILES string of the molecule is CCOC(=O)c1csc(N2N=C(c3ccc(OC)cc3OC)CC2(O)C(F)(F)F)n1. The van der Waals surface area contributed by atoms with Crippen molar-refractivity contribution in [3.8, 4) is 11.5 Å². The summed E-state index contributed by atoms with van der Waals surface area (Å²) in [7, 11) is 2.79. The molecule has 1 unspecified atom stereocenters. The number of esters is 1. The lowest BCUT2D eigenvalue weighted by Gasteiger charge is -2.32. The van der Waals surface area contributed by atoms with Crippen molar-refractivity contribution in [2.24, 2.45) is 5.10 Å². The quantitative estimate of drug-likeness (QED) is 0.683. The third kappa shape index (κ3) is 3.79. The van der Waals surface area contributed by atoms with E-state index in [9.17, 15) is 23.1 Å². The number of thiazole rings is 1. The second-order valence-electron chi connectivity index (χ2n) is 6.15. The maximum Gasteiger partial charge on any atom is 0.438 e. The lowest BCUT2D eigenvalue weighted by molar-refractivity contribution is -0.254.